The van der Waals surface area contributed by atoms with Crippen molar-refractivity contribution >= 4 is 44.2 Å². The summed E-state index contributed by atoms with van der Waals surface area (Å²) in [7, 11) is -3.48. The summed E-state index contributed by atoms with van der Waals surface area (Å²) in [6, 6.07) is 6.99. The van der Waals surface area contributed by atoms with E-state index in [4.69, 9.17) is 0 Å². The van der Waals surface area contributed by atoms with E-state index in [1.807, 2.05) is 6.92 Å². The lowest BCUT2D eigenvalue weighted by Crippen LogP contribution is -2.40. The van der Waals surface area contributed by atoms with Gasteiger partial charge in [-0.15, -0.1) is 0 Å². The summed E-state index contributed by atoms with van der Waals surface area (Å²) < 4.78 is 25.7. The molecule has 1 aromatic rings. The smallest absolute Gasteiger partial charge is 0.240 e. The zero-order chi connectivity index (χ0) is 14.5. The maximum absolute atomic E-state index is 11.8. The maximum atomic E-state index is 11.8. The molecule has 0 fully saturated rings. The number of nitrogens with zero attached hydrogens (tertiary/aromatic N) is 1. The molecule has 1 rings (SSSR count). The Morgan fingerprint density at radius 2 is 1.89 bits per heavy atom. The summed E-state index contributed by atoms with van der Waals surface area (Å²) in [6.45, 7) is 2.29. The fourth-order valence-corrected chi connectivity index (χ4v) is 2.67. The Balaban J connectivity index is 2.91. The van der Waals surface area contributed by atoms with Crippen LogP contribution in [0.3, 0.4) is 0 Å². The van der Waals surface area contributed by atoms with Gasteiger partial charge in [-0.3, -0.25) is 9.10 Å². The average Bonchev–Trinajstić information content (AvgIpc) is 2.33. The Morgan fingerprint density at radius 1 is 1.32 bits per heavy atom. The molecule has 19 heavy (non-hydrogen) atoms. The summed E-state index contributed by atoms with van der Waals surface area (Å²) >= 11 is 2.14. The van der Waals surface area contributed by atoms with E-state index >= 15 is 0 Å². The first-order valence-corrected chi connectivity index (χ1v) is 8.77. The van der Waals surface area contributed by atoms with E-state index in [-0.39, 0.29) is 12.5 Å². The number of amides is 1. The molecule has 0 spiro atoms. The molecule has 5 nitrogen and oxygen atoms in total. The van der Waals surface area contributed by atoms with E-state index in [2.05, 4.69) is 27.9 Å². The average molecular weight is 396 g/mol. The minimum Gasteiger partial charge on any atom is -0.355 e. The van der Waals surface area contributed by atoms with Gasteiger partial charge in [0.05, 0.1) is 11.9 Å². The molecule has 7 heteroatoms. The lowest BCUT2D eigenvalue weighted by Gasteiger charge is -2.21. The quantitative estimate of drug-likeness (QED) is 0.743. The predicted octanol–water partition coefficient (Wildman–Crippen LogP) is 1.58. The van der Waals surface area contributed by atoms with Crippen molar-refractivity contribution in [2.24, 2.45) is 0 Å². The molecule has 1 aromatic carbocycles. The first kappa shape index (κ1) is 16.2. The third kappa shape index (κ3) is 5.35. The van der Waals surface area contributed by atoms with E-state index in [1.54, 1.807) is 24.3 Å². The SMILES string of the molecule is CCCNC(=O)CN(c1ccc(I)cc1)S(C)(=O)=O. The molecule has 0 aliphatic heterocycles. The Kier molecular flexibility index (Phi) is 6.05. The van der Waals surface area contributed by atoms with Crippen molar-refractivity contribution in [3.05, 3.63) is 27.8 Å². The Bertz CT molecular complexity index is 528. The van der Waals surface area contributed by atoms with E-state index in [0.29, 0.717) is 12.2 Å². The molecule has 0 bridgehead atoms. The Hall–Kier alpha value is -0.830. The highest BCUT2D eigenvalue weighted by atomic mass is 127. The van der Waals surface area contributed by atoms with Gasteiger partial charge in [-0.25, -0.2) is 8.42 Å². The molecule has 0 aromatic heterocycles. The molecule has 0 saturated heterocycles. The Morgan fingerprint density at radius 3 is 2.37 bits per heavy atom. The van der Waals surface area contributed by atoms with Gasteiger partial charge in [0.25, 0.3) is 0 Å². The standard InChI is InChI=1S/C12H17IN2O3S/c1-3-8-14-12(16)9-15(19(2,17)18)11-6-4-10(13)5-7-11/h4-7H,3,8-9H2,1-2H3,(H,14,16). The van der Waals surface area contributed by atoms with Crippen LogP contribution in [0, 0.1) is 3.57 Å². The monoisotopic (exact) mass is 396 g/mol. The predicted molar refractivity (Wildman–Crippen MR) is 84.6 cm³/mol. The maximum Gasteiger partial charge on any atom is 0.240 e. The first-order valence-electron chi connectivity index (χ1n) is 5.84. The van der Waals surface area contributed by atoms with Crippen LogP contribution in [0.1, 0.15) is 13.3 Å². The van der Waals surface area contributed by atoms with Crippen LogP contribution in [0.2, 0.25) is 0 Å². The van der Waals surface area contributed by atoms with E-state index in [9.17, 15) is 13.2 Å². The van der Waals surface area contributed by atoms with Gasteiger partial charge >= 0.3 is 0 Å². The van der Waals surface area contributed by atoms with Gasteiger partial charge < -0.3 is 5.32 Å². The molecular formula is C12H17IN2O3S. The van der Waals surface area contributed by atoms with Gasteiger partial charge in [0.1, 0.15) is 6.54 Å². The fraction of sp³-hybridized carbons (Fsp3) is 0.417. The van der Waals surface area contributed by atoms with Gasteiger partial charge in [0.2, 0.25) is 15.9 Å². The number of nitrogens with one attached hydrogen (secondary N) is 1. The number of anilines is 1. The zero-order valence-electron chi connectivity index (χ0n) is 10.9. The number of rotatable bonds is 6. The number of hydrogen-bond donors (Lipinski definition) is 1. The molecule has 0 saturated carbocycles. The van der Waals surface area contributed by atoms with Crippen molar-refractivity contribution in [1.82, 2.24) is 5.32 Å². The van der Waals surface area contributed by atoms with Gasteiger partial charge in [-0.1, -0.05) is 6.92 Å². The van der Waals surface area contributed by atoms with Crippen LogP contribution in [-0.4, -0.2) is 33.7 Å². The highest BCUT2D eigenvalue weighted by Crippen LogP contribution is 2.18. The second kappa shape index (κ2) is 7.09. The summed E-state index contributed by atoms with van der Waals surface area (Å²) in [4.78, 5) is 11.7. The number of hydrogen-bond acceptors (Lipinski definition) is 3. The first-order chi connectivity index (χ1) is 8.84. The molecule has 0 aliphatic rings. The van der Waals surface area contributed by atoms with Crippen LogP contribution in [0.4, 0.5) is 5.69 Å². The summed E-state index contributed by atoms with van der Waals surface area (Å²) in [5.74, 6) is -0.300. The molecule has 106 valence electrons. The number of carbonyl (C=O) groups excluding carboxylic acids is 1. The van der Waals surface area contributed by atoms with Gasteiger partial charge in [-0.2, -0.15) is 0 Å². The largest absolute Gasteiger partial charge is 0.355 e. The fourth-order valence-electron chi connectivity index (χ4n) is 1.46. The molecule has 0 radical (unpaired) electrons. The Labute approximate surface area is 127 Å². The van der Waals surface area contributed by atoms with Crippen molar-refractivity contribution < 1.29 is 13.2 Å². The molecular weight excluding hydrogens is 379 g/mol. The highest BCUT2D eigenvalue weighted by molar-refractivity contribution is 14.1. The number of sulfonamides is 1. The molecule has 1 N–H and O–H groups in total. The van der Waals surface area contributed by atoms with Crippen LogP contribution in [0.15, 0.2) is 24.3 Å². The molecule has 0 atom stereocenters. The highest BCUT2D eigenvalue weighted by Gasteiger charge is 2.20. The third-order valence-corrected chi connectivity index (χ3v) is 4.23. The summed E-state index contributed by atoms with van der Waals surface area (Å²) in [6.07, 6.45) is 1.91. The van der Waals surface area contributed by atoms with Crippen molar-refractivity contribution in [2.75, 3.05) is 23.7 Å². The minimum atomic E-state index is -3.48. The van der Waals surface area contributed by atoms with Gasteiger partial charge in [-0.05, 0) is 53.3 Å². The van der Waals surface area contributed by atoms with Crippen molar-refractivity contribution in [1.29, 1.82) is 0 Å². The molecule has 0 heterocycles. The zero-order valence-corrected chi connectivity index (χ0v) is 13.9. The second-order valence-electron chi connectivity index (χ2n) is 4.10. The lowest BCUT2D eigenvalue weighted by atomic mass is 10.3. The third-order valence-electron chi connectivity index (χ3n) is 2.37. The van der Waals surface area contributed by atoms with E-state index < -0.39 is 10.0 Å². The van der Waals surface area contributed by atoms with Crippen molar-refractivity contribution in [3.63, 3.8) is 0 Å². The normalized spacial score (nSPS) is 11.1. The molecule has 1 amide bonds. The van der Waals surface area contributed by atoms with E-state index in [0.717, 1.165) is 20.6 Å². The summed E-state index contributed by atoms with van der Waals surface area (Å²) in [5.41, 5.74) is 0.495. The number of carbonyl (C=O) groups is 1. The van der Waals surface area contributed by atoms with Gasteiger partial charge in [0, 0.05) is 10.1 Å². The van der Waals surface area contributed by atoms with Crippen LogP contribution < -0.4 is 9.62 Å². The number of benzene rings is 1. The second-order valence-corrected chi connectivity index (χ2v) is 7.25. The van der Waals surface area contributed by atoms with Crippen LogP contribution in [0.5, 0.6) is 0 Å². The van der Waals surface area contributed by atoms with E-state index in [1.165, 1.54) is 0 Å². The molecule has 0 unspecified atom stereocenters. The van der Waals surface area contributed by atoms with Crippen LogP contribution in [0.25, 0.3) is 0 Å². The van der Waals surface area contributed by atoms with Crippen molar-refractivity contribution in [3.8, 4) is 0 Å². The molecule has 0 aliphatic carbocycles. The van der Waals surface area contributed by atoms with Crippen LogP contribution >= 0.6 is 22.6 Å². The van der Waals surface area contributed by atoms with Crippen molar-refractivity contribution in [2.45, 2.75) is 13.3 Å². The summed E-state index contributed by atoms with van der Waals surface area (Å²) in [5, 5.41) is 2.67. The minimum absolute atomic E-state index is 0.195. The topological polar surface area (TPSA) is 66.5 Å². The van der Waals surface area contributed by atoms with Crippen LogP contribution in [-0.2, 0) is 14.8 Å². The lowest BCUT2D eigenvalue weighted by molar-refractivity contribution is -0.119. The van der Waals surface area contributed by atoms with Gasteiger partial charge in [0.15, 0.2) is 0 Å². The number of halogens is 1.